The quantitative estimate of drug-likeness (QED) is 0.462. The summed E-state index contributed by atoms with van der Waals surface area (Å²) in [5.74, 6) is 1.85. The van der Waals surface area contributed by atoms with Gasteiger partial charge in [-0.1, -0.05) is 23.4 Å². The van der Waals surface area contributed by atoms with Gasteiger partial charge in [-0.15, -0.1) is 5.10 Å². The minimum Gasteiger partial charge on any atom is -0.497 e. The van der Waals surface area contributed by atoms with Crippen molar-refractivity contribution < 1.29 is 14.3 Å². The Balaban J connectivity index is 1.76. The van der Waals surface area contributed by atoms with Crippen LogP contribution in [0, 0.1) is 0 Å². The molecule has 140 valence electrons. The van der Waals surface area contributed by atoms with Crippen LogP contribution in [0.1, 0.15) is 17.3 Å². The third-order valence-electron chi connectivity index (χ3n) is 3.91. The first-order valence-corrected chi connectivity index (χ1v) is 9.39. The minimum atomic E-state index is -0.340. The molecule has 0 aliphatic carbocycles. The molecule has 0 bridgehead atoms. The fraction of sp³-hybridized carbons (Fsp3) is 0.211. The summed E-state index contributed by atoms with van der Waals surface area (Å²) in [7, 11) is 3.17. The van der Waals surface area contributed by atoms with Crippen molar-refractivity contribution in [1.29, 1.82) is 0 Å². The molecule has 0 spiro atoms. The number of hydrogen-bond acceptors (Lipinski definition) is 6. The Hall–Kier alpha value is -2.51. The number of benzene rings is 2. The SMILES string of the molecule is COc1ccc(-c2nc(SC(C)C(=O)c3ccc(Cl)cc3)n[nH]2)c(OC)c1. The highest BCUT2D eigenvalue weighted by Gasteiger charge is 2.20. The average molecular weight is 404 g/mol. The maximum absolute atomic E-state index is 12.5. The van der Waals surface area contributed by atoms with Crippen molar-refractivity contribution in [2.75, 3.05) is 14.2 Å². The molecule has 2 aromatic carbocycles. The molecule has 0 saturated heterocycles. The normalized spacial score (nSPS) is 11.9. The van der Waals surface area contributed by atoms with Gasteiger partial charge in [0, 0.05) is 16.7 Å². The molecule has 0 aliphatic rings. The largest absolute Gasteiger partial charge is 0.497 e. The number of nitrogens with zero attached hydrogens (tertiary/aromatic N) is 2. The summed E-state index contributed by atoms with van der Waals surface area (Å²) < 4.78 is 10.6. The van der Waals surface area contributed by atoms with Crippen LogP contribution in [0.4, 0.5) is 0 Å². The predicted molar refractivity (Wildman–Crippen MR) is 106 cm³/mol. The number of hydrogen-bond donors (Lipinski definition) is 1. The number of ketones is 1. The second kappa shape index (κ2) is 8.45. The monoisotopic (exact) mass is 403 g/mol. The van der Waals surface area contributed by atoms with Crippen molar-refractivity contribution in [3.05, 3.63) is 53.1 Å². The Labute approximate surface area is 166 Å². The van der Waals surface area contributed by atoms with Gasteiger partial charge in [-0.05, 0) is 43.3 Å². The van der Waals surface area contributed by atoms with E-state index in [0.29, 0.717) is 33.1 Å². The van der Waals surface area contributed by atoms with Gasteiger partial charge in [0.1, 0.15) is 11.5 Å². The van der Waals surface area contributed by atoms with E-state index in [1.54, 1.807) is 44.6 Å². The first-order valence-electron chi connectivity index (χ1n) is 8.13. The van der Waals surface area contributed by atoms with Crippen molar-refractivity contribution in [1.82, 2.24) is 15.2 Å². The number of carbonyl (C=O) groups excluding carboxylic acids is 1. The summed E-state index contributed by atoms with van der Waals surface area (Å²) in [5.41, 5.74) is 1.36. The van der Waals surface area contributed by atoms with Crippen molar-refractivity contribution in [3.8, 4) is 22.9 Å². The van der Waals surface area contributed by atoms with Crippen LogP contribution in [0.3, 0.4) is 0 Å². The summed E-state index contributed by atoms with van der Waals surface area (Å²) in [4.78, 5) is 17.0. The smallest absolute Gasteiger partial charge is 0.209 e. The number of aromatic nitrogens is 3. The van der Waals surface area contributed by atoms with Crippen molar-refractivity contribution >= 4 is 29.1 Å². The molecule has 3 aromatic rings. The molecule has 8 heteroatoms. The molecule has 27 heavy (non-hydrogen) atoms. The van der Waals surface area contributed by atoms with E-state index < -0.39 is 0 Å². The van der Waals surface area contributed by atoms with Gasteiger partial charge in [0.25, 0.3) is 0 Å². The van der Waals surface area contributed by atoms with Gasteiger partial charge in [0.2, 0.25) is 5.16 Å². The highest BCUT2D eigenvalue weighted by atomic mass is 35.5. The first kappa shape index (κ1) is 19.3. The standard InChI is InChI=1S/C19H18ClN3O3S/c1-11(17(24)12-4-6-13(20)7-5-12)27-19-21-18(22-23-19)15-9-8-14(25-2)10-16(15)26-3/h4-11H,1-3H3,(H,21,22,23). The van der Waals surface area contributed by atoms with Crippen LogP contribution in [-0.2, 0) is 0 Å². The number of rotatable bonds is 7. The van der Waals surface area contributed by atoms with Gasteiger partial charge >= 0.3 is 0 Å². The van der Waals surface area contributed by atoms with Crippen LogP contribution >= 0.6 is 23.4 Å². The van der Waals surface area contributed by atoms with Gasteiger partial charge in [-0.2, -0.15) is 0 Å². The number of H-pyrrole nitrogens is 1. The molecule has 1 N–H and O–H groups in total. The van der Waals surface area contributed by atoms with Gasteiger partial charge in [0.05, 0.1) is 25.0 Å². The molecular formula is C19H18ClN3O3S. The molecule has 6 nitrogen and oxygen atoms in total. The number of carbonyl (C=O) groups is 1. The Morgan fingerprint density at radius 1 is 1.15 bits per heavy atom. The van der Waals surface area contributed by atoms with E-state index in [1.165, 1.54) is 11.8 Å². The van der Waals surface area contributed by atoms with Crippen LogP contribution in [0.15, 0.2) is 47.6 Å². The van der Waals surface area contributed by atoms with E-state index in [0.717, 1.165) is 5.56 Å². The fourth-order valence-corrected chi connectivity index (χ4v) is 3.40. The molecule has 0 saturated carbocycles. The number of ether oxygens (including phenoxy) is 2. The number of methoxy groups -OCH3 is 2. The summed E-state index contributed by atoms with van der Waals surface area (Å²) >= 11 is 7.16. The fourth-order valence-electron chi connectivity index (χ4n) is 2.47. The van der Waals surface area contributed by atoms with Gasteiger partial charge < -0.3 is 9.47 Å². The van der Waals surface area contributed by atoms with E-state index in [9.17, 15) is 4.79 Å². The highest BCUT2D eigenvalue weighted by molar-refractivity contribution is 8.00. The van der Waals surface area contributed by atoms with Gasteiger partial charge in [-0.3, -0.25) is 9.89 Å². The third kappa shape index (κ3) is 4.43. The van der Waals surface area contributed by atoms with Crippen LogP contribution in [0.2, 0.25) is 5.02 Å². The number of Topliss-reactive ketones (excluding diaryl/α,β-unsaturated/α-hetero) is 1. The van der Waals surface area contributed by atoms with Crippen LogP contribution in [0.5, 0.6) is 11.5 Å². The van der Waals surface area contributed by atoms with Crippen LogP contribution < -0.4 is 9.47 Å². The molecule has 1 atom stereocenters. The van der Waals surface area contributed by atoms with E-state index in [-0.39, 0.29) is 11.0 Å². The topological polar surface area (TPSA) is 77.1 Å². The molecule has 1 heterocycles. The van der Waals surface area contributed by atoms with Crippen molar-refractivity contribution in [2.45, 2.75) is 17.3 Å². The summed E-state index contributed by atoms with van der Waals surface area (Å²) in [5, 5.41) is 7.84. The Kier molecular flexibility index (Phi) is 6.03. The molecule has 1 aromatic heterocycles. The Morgan fingerprint density at radius 2 is 1.89 bits per heavy atom. The zero-order chi connectivity index (χ0) is 19.4. The van der Waals surface area contributed by atoms with Crippen LogP contribution in [0.25, 0.3) is 11.4 Å². The molecule has 0 fully saturated rings. The lowest BCUT2D eigenvalue weighted by atomic mass is 10.1. The maximum atomic E-state index is 12.5. The lowest BCUT2D eigenvalue weighted by molar-refractivity contribution is 0.0994. The van der Waals surface area contributed by atoms with Crippen molar-refractivity contribution in [3.63, 3.8) is 0 Å². The molecular weight excluding hydrogens is 386 g/mol. The summed E-state index contributed by atoms with van der Waals surface area (Å²) in [6, 6.07) is 12.3. The van der Waals surface area contributed by atoms with Gasteiger partial charge in [0.15, 0.2) is 11.6 Å². The Bertz CT molecular complexity index is 944. The van der Waals surface area contributed by atoms with E-state index in [4.69, 9.17) is 21.1 Å². The van der Waals surface area contributed by atoms with Gasteiger partial charge in [-0.25, -0.2) is 4.98 Å². The second-order valence-electron chi connectivity index (χ2n) is 5.66. The molecule has 0 amide bonds. The first-order chi connectivity index (χ1) is 13.0. The van der Waals surface area contributed by atoms with E-state index >= 15 is 0 Å². The average Bonchev–Trinajstić information content (AvgIpc) is 3.15. The molecule has 1 unspecified atom stereocenters. The maximum Gasteiger partial charge on any atom is 0.209 e. The highest BCUT2D eigenvalue weighted by Crippen LogP contribution is 2.32. The zero-order valence-electron chi connectivity index (χ0n) is 15.0. The molecule has 0 aliphatic heterocycles. The zero-order valence-corrected chi connectivity index (χ0v) is 16.6. The third-order valence-corrected chi connectivity index (χ3v) is 5.12. The predicted octanol–water partition coefficient (Wildman–Crippen LogP) is 4.51. The minimum absolute atomic E-state index is 0.00922. The number of thioether (sulfide) groups is 1. The molecule has 3 rings (SSSR count). The summed E-state index contributed by atoms with van der Waals surface area (Å²) in [6.07, 6.45) is 0. The van der Waals surface area contributed by atoms with Crippen LogP contribution in [-0.4, -0.2) is 40.4 Å². The second-order valence-corrected chi connectivity index (χ2v) is 7.41. The summed E-state index contributed by atoms with van der Waals surface area (Å²) in [6.45, 7) is 1.83. The Morgan fingerprint density at radius 3 is 2.56 bits per heavy atom. The van der Waals surface area contributed by atoms with E-state index in [2.05, 4.69) is 15.2 Å². The number of aromatic amines is 1. The molecule has 0 radical (unpaired) electrons. The van der Waals surface area contributed by atoms with E-state index in [1.807, 2.05) is 19.1 Å². The number of nitrogens with one attached hydrogen (secondary N) is 1. The van der Waals surface area contributed by atoms with Crippen molar-refractivity contribution in [2.24, 2.45) is 0 Å². The number of halogens is 1. The lowest BCUT2D eigenvalue weighted by Gasteiger charge is -2.08. The lowest BCUT2D eigenvalue weighted by Crippen LogP contribution is -2.13.